The third-order valence-corrected chi connectivity index (χ3v) is 5.26. The molecule has 164 valence electrons. The van der Waals surface area contributed by atoms with Crippen molar-refractivity contribution in [3.05, 3.63) is 76.4 Å². The number of ether oxygens (including phenoxy) is 2. The van der Waals surface area contributed by atoms with Gasteiger partial charge in [-0.05, 0) is 48.3 Å². The fourth-order valence-electron chi connectivity index (χ4n) is 3.43. The third kappa shape index (κ3) is 4.89. The van der Waals surface area contributed by atoms with E-state index in [0.717, 1.165) is 23.3 Å². The van der Waals surface area contributed by atoms with Gasteiger partial charge in [0.25, 0.3) is 11.8 Å². The van der Waals surface area contributed by atoms with Gasteiger partial charge in [0.05, 0.1) is 20.3 Å². The summed E-state index contributed by atoms with van der Waals surface area (Å²) in [5.41, 5.74) is 2.16. The highest BCUT2D eigenvalue weighted by Gasteiger charge is 2.35. The van der Waals surface area contributed by atoms with Crippen LogP contribution in [0.3, 0.4) is 0 Å². The van der Waals surface area contributed by atoms with Crippen molar-refractivity contribution in [2.24, 2.45) is 0 Å². The predicted molar refractivity (Wildman–Crippen MR) is 122 cm³/mol. The molecule has 0 aliphatic carbocycles. The van der Waals surface area contributed by atoms with Crippen LogP contribution >= 0.6 is 0 Å². The van der Waals surface area contributed by atoms with Crippen LogP contribution in [-0.2, 0) is 16.1 Å². The maximum atomic E-state index is 13.2. The number of imide groups is 1. The Balaban J connectivity index is 1.97. The fraction of sp³-hybridized carbons (Fsp3) is 0.269. The zero-order valence-corrected chi connectivity index (χ0v) is 18.6. The van der Waals surface area contributed by atoms with Crippen LogP contribution in [0.4, 0.5) is 0 Å². The molecule has 0 N–H and O–H groups in total. The molecule has 3 rings (SSSR count). The molecule has 6 heteroatoms. The Hall–Kier alpha value is -3.85. The number of carbonyl (C=O) groups excluding carboxylic acids is 2. The van der Waals surface area contributed by atoms with E-state index < -0.39 is 11.8 Å². The Morgan fingerprint density at radius 3 is 2.47 bits per heavy atom. The van der Waals surface area contributed by atoms with Gasteiger partial charge in [-0.25, -0.2) is 0 Å². The lowest BCUT2D eigenvalue weighted by atomic mass is 9.93. The molecule has 0 bridgehead atoms. The number of methoxy groups -OCH3 is 1. The molecule has 0 unspecified atom stereocenters. The van der Waals surface area contributed by atoms with Crippen LogP contribution in [0, 0.1) is 11.3 Å². The van der Waals surface area contributed by atoms with E-state index in [1.54, 1.807) is 32.2 Å². The molecule has 2 aromatic rings. The van der Waals surface area contributed by atoms with Crippen LogP contribution in [0.5, 0.6) is 11.5 Å². The van der Waals surface area contributed by atoms with Crippen molar-refractivity contribution in [2.45, 2.75) is 33.2 Å². The summed E-state index contributed by atoms with van der Waals surface area (Å²) in [4.78, 5) is 27.2. The number of hydrogen-bond donors (Lipinski definition) is 0. The van der Waals surface area contributed by atoms with Gasteiger partial charge in [0, 0.05) is 5.57 Å². The van der Waals surface area contributed by atoms with Crippen LogP contribution in [0.15, 0.2) is 65.3 Å². The van der Waals surface area contributed by atoms with Gasteiger partial charge in [-0.1, -0.05) is 49.7 Å². The van der Waals surface area contributed by atoms with E-state index in [9.17, 15) is 14.9 Å². The fourth-order valence-corrected chi connectivity index (χ4v) is 3.43. The summed E-state index contributed by atoms with van der Waals surface area (Å²) in [7, 11) is 1.56. The lowest BCUT2D eigenvalue weighted by Gasteiger charge is -2.27. The van der Waals surface area contributed by atoms with E-state index in [0.29, 0.717) is 34.8 Å². The van der Waals surface area contributed by atoms with Gasteiger partial charge >= 0.3 is 0 Å². The quantitative estimate of drug-likeness (QED) is 0.346. The largest absolute Gasteiger partial charge is 0.493 e. The van der Waals surface area contributed by atoms with E-state index in [4.69, 9.17) is 9.47 Å². The van der Waals surface area contributed by atoms with Gasteiger partial charge in [-0.15, -0.1) is 0 Å². The van der Waals surface area contributed by atoms with Crippen LogP contribution in [0.25, 0.3) is 6.08 Å². The number of nitrogens with zero attached hydrogens (tertiary/aromatic N) is 2. The van der Waals surface area contributed by atoms with Gasteiger partial charge in [0.15, 0.2) is 11.5 Å². The Morgan fingerprint density at radius 2 is 1.81 bits per heavy atom. The van der Waals surface area contributed by atoms with Crippen molar-refractivity contribution < 1.29 is 19.1 Å². The minimum atomic E-state index is -0.576. The lowest BCUT2D eigenvalue weighted by molar-refractivity contribution is -0.141. The smallest absolute Gasteiger partial charge is 0.271 e. The summed E-state index contributed by atoms with van der Waals surface area (Å²) in [5, 5.41) is 9.58. The second-order valence-corrected chi connectivity index (χ2v) is 7.46. The predicted octanol–water partition coefficient (Wildman–Crippen LogP) is 4.67. The second-order valence-electron chi connectivity index (χ2n) is 7.46. The first-order chi connectivity index (χ1) is 15.5. The van der Waals surface area contributed by atoms with E-state index >= 15 is 0 Å². The first-order valence-electron chi connectivity index (χ1n) is 10.5. The molecule has 6 nitrogen and oxygen atoms in total. The molecule has 0 spiro atoms. The maximum Gasteiger partial charge on any atom is 0.271 e. The number of rotatable bonds is 8. The van der Waals surface area contributed by atoms with Crippen molar-refractivity contribution >= 4 is 17.9 Å². The minimum absolute atomic E-state index is 0.0294. The molecule has 2 amide bonds. The van der Waals surface area contributed by atoms with Crippen molar-refractivity contribution in [1.82, 2.24) is 4.90 Å². The average Bonchev–Trinajstić information content (AvgIpc) is 2.81. The molecular weight excluding hydrogens is 404 g/mol. The van der Waals surface area contributed by atoms with E-state index in [1.165, 1.54) is 0 Å². The van der Waals surface area contributed by atoms with E-state index in [2.05, 4.69) is 6.92 Å². The van der Waals surface area contributed by atoms with E-state index in [-0.39, 0.29) is 12.1 Å². The topological polar surface area (TPSA) is 79.6 Å². The SMILES string of the molecule is CCCCOc1ccc(/C=C2/C(=O)N(Cc3ccccc3)C(=O)C(C#N)=C2C)cc1OC. The van der Waals surface area contributed by atoms with Gasteiger partial charge in [-0.3, -0.25) is 14.5 Å². The first-order valence-corrected chi connectivity index (χ1v) is 10.5. The number of hydrogen-bond acceptors (Lipinski definition) is 5. The number of unbranched alkanes of at least 4 members (excludes halogenated alkanes) is 1. The Bertz CT molecular complexity index is 1110. The number of benzene rings is 2. The monoisotopic (exact) mass is 430 g/mol. The molecule has 0 fully saturated rings. The molecule has 0 radical (unpaired) electrons. The molecule has 0 saturated heterocycles. The van der Waals surface area contributed by atoms with Crippen LogP contribution < -0.4 is 9.47 Å². The molecule has 1 aliphatic rings. The molecule has 32 heavy (non-hydrogen) atoms. The molecule has 2 aromatic carbocycles. The maximum absolute atomic E-state index is 13.2. The molecule has 0 saturated carbocycles. The highest BCUT2D eigenvalue weighted by Crippen LogP contribution is 2.32. The first kappa shape index (κ1) is 22.8. The van der Waals surface area contributed by atoms with Crippen molar-refractivity contribution in [2.75, 3.05) is 13.7 Å². The van der Waals surface area contributed by atoms with Crippen molar-refractivity contribution in [3.8, 4) is 17.6 Å². The summed E-state index contributed by atoms with van der Waals surface area (Å²) >= 11 is 0. The van der Waals surface area contributed by atoms with E-state index in [1.807, 2.05) is 42.5 Å². The highest BCUT2D eigenvalue weighted by molar-refractivity contribution is 6.19. The average molecular weight is 431 g/mol. The second kappa shape index (κ2) is 10.5. The molecular formula is C26H26N2O4. The van der Waals surface area contributed by atoms with Gasteiger partial charge in [0.2, 0.25) is 0 Å². The Kier molecular flexibility index (Phi) is 7.45. The van der Waals surface area contributed by atoms with Gasteiger partial charge < -0.3 is 9.47 Å². The summed E-state index contributed by atoms with van der Waals surface area (Å²) < 4.78 is 11.2. The third-order valence-electron chi connectivity index (χ3n) is 5.26. The zero-order chi connectivity index (χ0) is 23.1. The summed E-state index contributed by atoms with van der Waals surface area (Å²) in [5.74, 6) is 0.174. The normalized spacial score (nSPS) is 15.2. The van der Waals surface area contributed by atoms with Crippen molar-refractivity contribution in [1.29, 1.82) is 5.26 Å². The minimum Gasteiger partial charge on any atom is -0.493 e. The lowest BCUT2D eigenvalue weighted by Crippen LogP contribution is -2.42. The van der Waals surface area contributed by atoms with Crippen LogP contribution in [0.2, 0.25) is 0 Å². The highest BCUT2D eigenvalue weighted by atomic mass is 16.5. The summed E-state index contributed by atoms with van der Waals surface area (Å²) in [6.45, 7) is 4.41. The standard InChI is InChI=1S/C26H26N2O4/c1-4-5-13-32-23-12-11-20(15-24(23)31-3)14-21-18(2)22(16-27)26(30)28(25(21)29)17-19-9-7-6-8-10-19/h6-12,14-15H,4-5,13,17H2,1-3H3/b21-14+. The summed E-state index contributed by atoms with van der Waals surface area (Å²) in [6.07, 6.45) is 3.65. The molecule has 1 aliphatic heterocycles. The molecule has 1 heterocycles. The van der Waals surface area contributed by atoms with Crippen LogP contribution in [0.1, 0.15) is 37.8 Å². The van der Waals surface area contributed by atoms with Gasteiger partial charge in [0.1, 0.15) is 11.6 Å². The summed E-state index contributed by atoms with van der Waals surface area (Å²) in [6, 6.07) is 16.6. The molecule has 0 aromatic heterocycles. The van der Waals surface area contributed by atoms with Crippen LogP contribution in [-0.4, -0.2) is 30.4 Å². The zero-order valence-electron chi connectivity index (χ0n) is 18.6. The van der Waals surface area contributed by atoms with Gasteiger partial charge in [-0.2, -0.15) is 5.26 Å². The number of amides is 2. The number of nitriles is 1. The Labute approximate surface area is 188 Å². The number of carbonyl (C=O) groups is 2. The molecule has 0 atom stereocenters. The van der Waals surface area contributed by atoms with Crippen molar-refractivity contribution in [3.63, 3.8) is 0 Å². The Morgan fingerprint density at radius 1 is 1.06 bits per heavy atom.